The molecule has 3 heterocycles. The Morgan fingerprint density at radius 2 is 2.33 bits per heavy atom. The number of carboxylic acid groups (broad SMARTS) is 1. The summed E-state index contributed by atoms with van der Waals surface area (Å²) in [5, 5.41) is 16.7. The van der Waals surface area contributed by atoms with Crippen molar-refractivity contribution in [3.05, 3.63) is 34.3 Å². The van der Waals surface area contributed by atoms with Gasteiger partial charge in [0.1, 0.15) is 10.8 Å². The number of carbonyl (C=O) groups is 2. The Morgan fingerprint density at radius 3 is 2.95 bits per heavy atom. The van der Waals surface area contributed by atoms with Crippen LogP contribution in [0.2, 0.25) is 0 Å². The Hall–Kier alpha value is -1.74. The van der Waals surface area contributed by atoms with E-state index >= 15 is 0 Å². The summed E-state index contributed by atoms with van der Waals surface area (Å²) in [6.45, 7) is 0. The summed E-state index contributed by atoms with van der Waals surface area (Å²) in [7, 11) is -0.946. The second-order valence-corrected chi connectivity index (χ2v) is 7.64. The molecular weight excluding hydrogens is 314 g/mol. The molecule has 1 N–H and O–H groups in total. The van der Waals surface area contributed by atoms with Crippen LogP contribution in [0.1, 0.15) is 6.42 Å². The monoisotopic (exact) mass is 325 g/mol. The topological polar surface area (TPSA) is 106 Å². The van der Waals surface area contributed by atoms with Gasteiger partial charge in [-0.1, -0.05) is 11.8 Å². The highest BCUT2D eigenvalue weighted by molar-refractivity contribution is 8.11. The molecule has 0 radical (unpaired) electrons. The van der Waals surface area contributed by atoms with Crippen molar-refractivity contribution < 1.29 is 14.7 Å². The van der Waals surface area contributed by atoms with Gasteiger partial charge in [-0.25, -0.2) is 5.10 Å². The lowest BCUT2D eigenvalue weighted by Gasteiger charge is -2.39. The van der Waals surface area contributed by atoms with Crippen molar-refractivity contribution in [3.8, 4) is 0 Å². The zero-order chi connectivity index (χ0) is 15.0. The number of hydrogen-bond acceptors (Lipinski definition) is 6. The Kier molecular flexibility index (Phi) is 3.77. The number of fused-ring (bicyclic) bond motifs is 1. The third-order valence-corrected chi connectivity index (χ3v) is 6.41. The average molecular weight is 325 g/mol. The maximum absolute atomic E-state index is 11.5. The lowest BCUT2D eigenvalue weighted by Crippen LogP contribution is -2.60. The van der Waals surface area contributed by atoms with Crippen molar-refractivity contribution in [2.24, 2.45) is 0 Å². The summed E-state index contributed by atoms with van der Waals surface area (Å²) in [5.41, 5.74) is 0.591. The molecule has 1 unspecified atom stereocenters. The minimum absolute atomic E-state index is 0.0527. The van der Waals surface area contributed by atoms with Gasteiger partial charge in [0.25, 0.3) is 10.9 Å². The Morgan fingerprint density at radius 1 is 1.52 bits per heavy atom. The molecule has 1 amide bonds. The first kappa shape index (κ1) is 14.2. The van der Waals surface area contributed by atoms with E-state index in [1.807, 2.05) is 0 Å². The number of aromatic nitrogens is 2. The molecule has 2 atom stereocenters. The summed E-state index contributed by atoms with van der Waals surface area (Å²) < 4.78 is 0. The van der Waals surface area contributed by atoms with Crippen LogP contribution in [0.25, 0.3) is 0 Å². The maximum Gasteiger partial charge on any atom is 0.275 e. The zero-order valence-electron chi connectivity index (χ0n) is 10.8. The van der Waals surface area contributed by atoms with Crippen LogP contribution in [0.15, 0.2) is 33.7 Å². The van der Waals surface area contributed by atoms with E-state index < -0.39 is 16.2 Å². The number of carbonyl (C=O) groups excluding carboxylic acids is 2. The molecule has 110 valence electrons. The van der Waals surface area contributed by atoms with E-state index in [9.17, 15) is 19.5 Å². The summed E-state index contributed by atoms with van der Waals surface area (Å²) in [4.78, 5) is 35.1. The van der Waals surface area contributed by atoms with Crippen molar-refractivity contribution in [2.75, 3.05) is 11.5 Å². The van der Waals surface area contributed by atoms with Gasteiger partial charge in [0.2, 0.25) is 11.3 Å². The van der Waals surface area contributed by atoms with E-state index in [1.54, 1.807) is 12.3 Å². The molecule has 21 heavy (non-hydrogen) atoms. The lowest BCUT2D eigenvalue weighted by molar-refractivity contribution is -0.233. The molecule has 0 spiro atoms. The van der Waals surface area contributed by atoms with E-state index in [4.69, 9.17) is 0 Å². The average Bonchev–Trinajstić information content (AvgIpc) is 2.46. The Labute approximate surface area is 126 Å². The minimum Gasteiger partial charge on any atom is -0.504 e. The van der Waals surface area contributed by atoms with Gasteiger partial charge in [-0.15, -0.1) is 0 Å². The van der Waals surface area contributed by atoms with Crippen LogP contribution >= 0.6 is 11.8 Å². The van der Waals surface area contributed by atoms with Gasteiger partial charge < -0.3 is 9.90 Å². The van der Waals surface area contributed by atoms with Gasteiger partial charge in [-0.2, -0.15) is 5.10 Å². The molecule has 0 aromatic carbocycles. The number of thioether (sulfide) groups is 1. The van der Waals surface area contributed by atoms with Gasteiger partial charge in [-0.3, -0.25) is 14.5 Å². The summed E-state index contributed by atoms with van der Waals surface area (Å²) in [6.07, 6.45) is 2.02. The Balaban J connectivity index is 1.70. The van der Waals surface area contributed by atoms with Crippen molar-refractivity contribution in [3.63, 3.8) is 0 Å². The van der Waals surface area contributed by atoms with E-state index in [1.165, 1.54) is 22.7 Å². The third-order valence-electron chi connectivity index (χ3n) is 3.21. The molecule has 9 heteroatoms. The number of hydrogen-bond donors (Lipinski definition) is 1. The quantitative estimate of drug-likeness (QED) is 0.446. The molecule has 2 aliphatic rings. The zero-order valence-corrected chi connectivity index (χ0v) is 12.4. The highest BCUT2D eigenvalue weighted by Crippen LogP contribution is 2.34. The predicted molar refractivity (Wildman–Crippen MR) is 76.5 cm³/mol. The van der Waals surface area contributed by atoms with Crippen LogP contribution < -0.4 is 10.7 Å². The van der Waals surface area contributed by atoms with Crippen LogP contribution in [0, 0.1) is 0 Å². The molecule has 0 saturated carbocycles. The van der Waals surface area contributed by atoms with Crippen LogP contribution in [-0.4, -0.2) is 43.2 Å². The number of H-pyrrole nitrogens is 1. The summed E-state index contributed by atoms with van der Waals surface area (Å²) in [6, 6.07) is 2.98. The number of rotatable bonds is 3. The number of amides is 1. The fraction of sp³-hybridized carbons (Fsp3) is 0.333. The van der Waals surface area contributed by atoms with Gasteiger partial charge in [0.15, 0.2) is 0 Å². The fourth-order valence-corrected chi connectivity index (χ4v) is 4.97. The summed E-state index contributed by atoms with van der Waals surface area (Å²) in [5.74, 6) is 0.877. The lowest BCUT2D eigenvalue weighted by atomic mass is 10.2. The van der Waals surface area contributed by atoms with E-state index in [-0.39, 0.29) is 23.3 Å². The summed E-state index contributed by atoms with van der Waals surface area (Å²) >= 11 is 1.38. The van der Waals surface area contributed by atoms with E-state index in [0.29, 0.717) is 16.5 Å². The van der Waals surface area contributed by atoms with Crippen molar-refractivity contribution >= 4 is 33.9 Å². The minimum atomic E-state index is -1.09. The predicted octanol–water partition coefficient (Wildman–Crippen LogP) is -0.720. The largest absolute Gasteiger partial charge is 0.504 e. The van der Waals surface area contributed by atoms with E-state index in [2.05, 4.69) is 10.2 Å². The fourth-order valence-electron chi connectivity index (χ4n) is 2.15. The molecule has 0 aliphatic carbocycles. The SMILES string of the molecule is O=C1C[C@@H]2N1C=C(CSc1ccc(=O)[nH]n1)C[S+]2C(=O)[O-]. The van der Waals surface area contributed by atoms with Crippen molar-refractivity contribution in [2.45, 2.75) is 16.8 Å². The van der Waals surface area contributed by atoms with Crippen molar-refractivity contribution in [1.29, 1.82) is 0 Å². The highest BCUT2D eigenvalue weighted by atomic mass is 32.2. The molecular formula is C12H11N3O4S2. The van der Waals surface area contributed by atoms with Crippen LogP contribution in [0.5, 0.6) is 0 Å². The molecule has 3 rings (SSSR count). The molecule has 1 saturated heterocycles. The standard InChI is InChI=1S/C12H11N3O4S2/c16-8-1-2-9(14-13-8)20-5-7-4-15-10(17)3-11(15)21(6-7)12(18)19/h1-2,4,11H,3,5-6H2,(H-,13,16,18,19)/t11-,21?/m1/s1. The van der Waals surface area contributed by atoms with Gasteiger partial charge in [0.05, 0.1) is 17.3 Å². The van der Waals surface area contributed by atoms with Crippen molar-refractivity contribution in [1.82, 2.24) is 15.1 Å². The first-order valence-corrected chi connectivity index (χ1v) is 8.59. The Bertz CT molecular complexity index is 667. The maximum atomic E-state index is 11.5. The normalized spacial score (nSPS) is 24.1. The van der Waals surface area contributed by atoms with E-state index in [0.717, 1.165) is 5.57 Å². The molecule has 1 aromatic heterocycles. The van der Waals surface area contributed by atoms with Crippen LogP contribution in [0.4, 0.5) is 4.79 Å². The molecule has 7 nitrogen and oxygen atoms in total. The molecule has 1 aromatic rings. The third kappa shape index (κ3) is 2.84. The number of aromatic amines is 1. The highest BCUT2D eigenvalue weighted by Gasteiger charge is 2.51. The smallest absolute Gasteiger partial charge is 0.275 e. The number of nitrogens with one attached hydrogen (secondary N) is 1. The number of β-lactam (4-membered cyclic amide) rings is 1. The second-order valence-electron chi connectivity index (χ2n) is 4.62. The molecule has 0 bridgehead atoms. The van der Waals surface area contributed by atoms with Crippen LogP contribution in [0.3, 0.4) is 0 Å². The molecule has 2 aliphatic heterocycles. The van der Waals surface area contributed by atoms with Gasteiger partial charge >= 0.3 is 0 Å². The first-order chi connectivity index (χ1) is 10.0. The number of nitrogens with zero attached hydrogens (tertiary/aromatic N) is 2. The first-order valence-electron chi connectivity index (χ1n) is 6.14. The second kappa shape index (κ2) is 5.57. The van der Waals surface area contributed by atoms with Gasteiger partial charge in [-0.05, 0) is 6.07 Å². The van der Waals surface area contributed by atoms with Crippen LogP contribution in [-0.2, 0) is 15.7 Å². The molecule has 1 fully saturated rings. The van der Waals surface area contributed by atoms with Gasteiger partial charge in [0, 0.05) is 23.6 Å².